The number of fused-ring (bicyclic) bond motifs is 1. The monoisotopic (exact) mass is 334 g/mol. The van der Waals surface area contributed by atoms with Crippen molar-refractivity contribution in [1.29, 1.82) is 0 Å². The maximum Gasteiger partial charge on any atom is 0.180 e. The third-order valence-corrected chi connectivity index (χ3v) is 6.17. The molecule has 0 bridgehead atoms. The van der Waals surface area contributed by atoms with Crippen molar-refractivity contribution in [3.05, 3.63) is 10.6 Å². The minimum atomic E-state index is 0.455. The summed E-state index contributed by atoms with van der Waals surface area (Å²) < 4.78 is 0. The van der Waals surface area contributed by atoms with Crippen LogP contribution in [0.2, 0.25) is 0 Å². The van der Waals surface area contributed by atoms with Gasteiger partial charge in [-0.15, -0.1) is 11.3 Å². The molecule has 0 radical (unpaired) electrons. The Balaban J connectivity index is 0.000000122. The molecule has 2 aliphatic carbocycles. The van der Waals surface area contributed by atoms with Crippen LogP contribution in [0.1, 0.15) is 49.1 Å². The molecule has 0 unspecified atom stereocenters. The number of thiazole rings is 1. The van der Waals surface area contributed by atoms with Crippen LogP contribution in [0, 0.1) is 0 Å². The number of nitrogens with zero attached hydrogens (tertiary/aromatic N) is 3. The second kappa shape index (κ2) is 6.49. The smallest absolute Gasteiger partial charge is 0.180 e. The number of Topliss-reactive ketones (excluding diaryl/α,β-unsaturated/α-hetero) is 1. The van der Waals surface area contributed by atoms with Crippen molar-refractivity contribution >= 4 is 22.3 Å². The number of carbonyl (C=O) groups is 1. The van der Waals surface area contributed by atoms with Gasteiger partial charge in [-0.05, 0) is 25.7 Å². The van der Waals surface area contributed by atoms with E-state index in [1.165, 1.54) is 42.8 Å². The molecule has 3 heterocycles. The number of hydrogen-bond donors (Lipinski definition) is 1. The largest absolute Gasteiger partial charge is 0.375 e. The van der Waals surface area contributed by atoms with E-state index >= 15 is 0 Å². The van der Waals surface area contributed by atoms with Gasteiger partial charge in [0.2, 0.25) is 0 Å². The average Bonchev–Trinajstić information content (AvgIpc) is 3.44. The van der Waals surface area contributed by atoms with Crippen LogP contribution in [-0.2, 0) is 17.8 Å². The van der Waals surface area contributed by atoms with Gasteiger partial charge in [0.15, 0.2) is 5.13 Å². The maximum absolute atomic E-state index is 10.8. The number of carbonyl (C=O) groups excluding carboxylic acids is 1. The molecule has 5 rings (SSSR count). The lowest BCUT2D eigenvalue weighted by Crippen LogP contribution is -2.35. The van der Waals surface area contributed by atoms with Gasteiger partial charge < -0.3 is 5.73 Å². The van der Waals surface area contributed by atoms with Gasteiger partial charge in [-0.25, -0.2) is 4.98 Å². The van der Waals surface area contributed by atoms with Crippen molar-refractivity contribution in [3.63, 3.8) is 0 Å². The first-order valence-electron chi connectivity index (χ1n) is 8.93. The predicted octanol–water partition coefficient (Wildman–Crippen LogP) is 2.06. The van der Waals surface area contributed by atoms with E-state index in [9.17, 15) is 4.79 Å². The molecule has 5 nitrogen and oxygen atoms in total. The molecule has 2 N–H and O–H groups in total. The summed E-state index contributed by atoms with van der Waals surface area (Å²) in [5.74, 6) is 0.455. The molecular formula is C17H26N4OS. The summed E-state index contributed by atoms with van der Waals surface area (Å²) in [5, 5.41) is 0.739. The number of piperidine rings is 1. The lowest BCUT2D eigenvalue weighted by Gasteiger charge is -2.25. The van der Waals surface area contributed by atoms with E-state index in [4.69, 9.17) is 5.73 Å². The van der Waals surface area contributed by atoms with Gasteiger partial charge in [0, 0.05) is 62.4 Å². The molecule has 1 aromatic rings. The van der Waals surface area contributed by atoms with Gasteiger partial charge in [0.25, 0.3) is 0 Å². The zero-order valence-corrected chi connectivity index (χ0v) is 14.5. The highest BCUT2D eigenvalue weighted by Crippen LogP contribution is 2.34. The van der Waals surface area contributed by atoms with Crippen molar-refractivity contribution in [1.82, 2.24) is 14.8 Å². The van der Waals surface area contributed by atoms with E-state index in [1.807, 2.05) is 0 Å². The second-order valence-corrected chi connectivity index (χ2v) is 8.29. The Labute approximate surface area is 141 Å². The Morgan fingerprint density at radius 2 is 1.57 bits per heavy atom. The second-order valence-electron chi connectivity index (χ2n) is 7.18. The molecule has 126 valence electrons. The van der Waals surface area contributed by atoms with Gasteiger partial charge >= 0.3 is 0 Å². The molecule has 0 spiro atoms. The molecule has 1 aromatic heterocycles. The van der Waals surface area contributed by atoms with Crippen molar-refractivity contribution in [2.45, 2.75) is 63.6 Å². The number of hydrogen-bond acceptors (Lipinski definition) is 6. The zero-order valence-electron chi connectivity index (χ0n) is 13.7. The summed E-state index contributed by atoms with van der Waals surface area (Å²) in [6.45, 7) is 4.34. The average molecular weight is 334 g/mol. The molecule has 3 fully saturated rings. The molecule has 0 amide bonds. The first-order chi connectivity index (χ1) is 11.2. The van der Waals surface area contributed by atoms with Crippen LogP contribution in [0.3, 0.4) is 0 Å². The van der Waals surface area contributed by atoms with Crippen LogP contribution in [0.4, 0.5) is 5.13 Å². The fourth-order valence-corrected chi connectivity index (χ4v) is 4.47. The summed E-state index contributed by atoms with van der Waals surface area (Å²) in [6.07, 6.45) is 8.22. The molecule has 6 heteroatoms. The molecular weight excluding hydrogens is 308 g/mol. The molecule has 4 aliphatic rings. The standard InChI is InChI=1S/C9H13N3S.C8H13NO/c10-9-11-7-3-4-12(6-1-2-6)5-8(7)13-9;10-8-3-5-9(6-4-8)7-1-2-7/h6H,1-5H2,(H2,10,11);7H,1-6H2. The first kappa shape index (κ1) is 15.5. The van der Waals surface area contributed by atoms with E-state index in [-0.39, 0.29) is 0 Å². The van der Waals surface area contributed by atoms with Gasteiger partial charge in [-0.2, -0.15) is 0 Å². The highest BCUT2D eigenvalue weighted by Gasteiger charge is 2.32. The highest BCUT2D eigenvalue weighted by atomic mass is 32.1. The number of nitrogens with two attached hydrogens (primary N) is 1. The number of ketones is 1. The fourth-order valence-electron chi connectivity index (χ4n) is 3.56. The number of nitrogen functional groups attached to an aromatic ring is 1. The van der Waals surface area contributed by atoms with Crippen LogP contribution >= 0.6 is 11.3 Å². The fraction of sp³-hybridized carbons (Fsp3) is 0.765. The van der Waals surface area contributed by atoms with Crippen molar-refractivity contribution < 1.29 is 4.79 Å². The maximum atomic E-state index is 10.8. The summed E-state index contributed by atoms with van der Waals surface area (Å²) in [4.78, 5) is 21.6. The van der Waals surface area contributed by atoms with Gasteiger partial charge in [0.05, 0.1) is 5.69 Å². The Bertz CT molecular complexity index is 569. The predicted molar refractivity (Wildman–Crippen MR) is 92.5 cm³/mol. The number of aromatic nitrogens is 1. The minimum absolute atomic E-state index is 0.455. The van der Waals surface area contributed by atoms with Crippen LogP contribution in [0.5, 0.6) is 0 Å². The number of likely N-dealkylation sites (tertiary alicyclic amines) is 1. The number of rotatable bonds is 2. The van der Waals surface area contributed by atoms with Crippen LogP contribution < -0.4 is 5.73 Å². The Kier molecular flexibility index (Phi) is 4.39. The minimum Gasteiger partial charge on any atom is -0.375 e. The van der Waals surface area contributed by atoms with Crippen LogP contribution in [0.15, 0.2) is 0 Å². The van der Waals surface area contributed by atoms with E-state index in [0.717, 1.165) is 56.1 Å². The molecule has 1 saturated heterocycles. The highest BCUT2D eigenvalue weighted by molar-refractivity contribution is 7.15. The molecule has 2 saturated carbocycles. The van der Waals surface area contributed by atoms with E-state index in [2.05, 4.69) is 14.8 Å². The molecule has 2 aliphatic heterocycles. The van der Waals surface area contributed by atoms with Crippen molar-refractivity contribution in [2.24, 2.45) is 0 Å². The van der Waals surface area contributed by atoms with Gasteiger partial charge in [0.1, 0.15) is 5.78 Å². The molecule has 0 atom stereocenters. The van der Waals surface area contributed by atoms with Gasteiger partial charge in [-0.3, -0.25) is 14.6 Å². The third kappa shape index (κ3) is 3.92. The topological polar surface area (TPSA) is 62.5 Å². The first-order valence-corrected chi connectivity index (χ1v) is 9.74. The summed E-state index contributed by atoms with van der Waals surface area (Å²) in [5.41, 5.74) is 6.93. The zero-order chi connectivity index (χ0) is 15.8. The van der Waals surface area contributed by atoms with Crippen molar-refractivity contribution in [3.8, 4) is 0 Å². The van der Waals surface area contributed by atoms with E-state index < -0.39 is 0 Å². The molecule has 0 aromatic carbocycles. The SMILES string of the molecule is Nc1nc2c(s1)CN(C1CC1)CC2.O=C1CCN(C2CC2)CC1. The van der Waals surface area contributed by atoms with E-state index in [1.54, 1.807) is 11.3 Å². The summed E-state index contributed by atoms with van der Waals surface area (Å²) in [7, 11) is 0. The third-order valence-electron chi connectivity index (χ3n) is 5.26. The quantitative estimate of drug-likeness (QED) is 0.897. The summed E-state index contributed by atoms with van der Waals surface area (Å²) in [6, 6.07) is 1.73. The lowest BCUT2D eigenvalue weighted by molar-refractivity contribution is -0.121. The van der Waals surface area contributed by atoms with Crippen LogP contribution in [-0.4, -0.2) is 52.3 Å². The Hall–Kier alpha value is -0.980. The normalized spacial score (nSPS) is 25.7. The number of anilines is 1. The Morgan fingerprint density at radius 3 is 2.22 bits per heavy atom. The van der Waals surface area contributed by atoms with Gasteiger partial charge in [-0.1, -0.05) is 0 Å². The van der Waals surface area contributed by atoms with Crippen LogP contribution in [0.25, 0.3) is 0 Å². The van der Waals surface area contributed by atoms with Crippen molar-refractivity contribution in [2.75, 3.05) is 25.4 Å². The van der Waals surface area contributed by atoms with E-state index in [0.29, 0.717) is 5.78 Å². The summed E-state index contributed by atoms with van der Waals surface area (Å²) >= 11 is 1.66. The molecule has 23 heavy (non-hydrogen) atoms. The Morgan fingerprint density at radius 1 is 0.957 bits per heavy atom. The lowest BCUT2D eigenvalue weighted by atomic mass is 10.1.